The maximum Gasteiger partial charge on any atom is 0.119 e. The van der Waals surface area contributed by atoms with E-state index in [-0.39, 0.29) is 11.5 Å². The van der Waals surface area contributed by atoms with Crippen molar-refractivity contribution in [3.63, 3.8) is 0 Å². The highest BCUT2D eigenvalue weighted by Gasteiger charge is 2.42. The molecule has 0 aromatic heterocycles. The van der Waals surface area contributed by atoms with E-state index in [0.717, 1.165) is 12.3 Å². The van der Waals surface area contributed by atoms with Crippen molar-refractivity contribution in [3.05, 3.63) is 29.8 Å². The number of ether oxygens (including phenoxy) is 1. The minimum absolute atomic E-state index is 0.0961. The van der Waals surface area contributed by atoms with E-state index in [1.165, 1.54) is 24.8 Å². The zero-order chi connectivity index (χ0) is 12.3. The Balaban J connectivity index is 2.19. The first kappa shape index (κ1) is 12.4. The molecule has 17 heavy (non-hydrogen) atoms. The van der Waals surface area contributed by atoms with Gasteiger partial charge in [0, 0.05) is 18.0 Å². The van der Waals surface area contributed by atoms with Crippen molar-refractivity contribution >= 4 is 0 Å². The van der Waals surface area contributed by atoms with Crippen LogP contribution in [0.25, 0.3) is 0 Å². The van der Waals surface area contributed by atoms with E-state index in [2.05, 4.69) is 17.4 Å². The summed E-state index contributed by atoms with van der Waals surface area (Å²) in [7, 11) is 3.69. The molecule has 1 atom stereocenters. The van der Waals surface area contributed by atoms with Gasteiger partial charge in [0.25, 0.3) is 0 Å². The molecule has 0 saturated heterocycles. The van der Waals surface area contributed by atoms with Crippen LogP contribution in [0.1, 0.15) is 30.9 Å². The normalized spacial score (nSPS) is 19.5. The first-order valence-electron chi connectivity index (χ1n) is 6.26. The van der Waals surface area contributed by atoms with Crippen LogP contribution in [0.15, 0.2) is 24.3 Å². The van der Waals surface area contributed by atoms with E-state index >= 15 is 0 Å². The maximum atomic E-state index is 6.45. The highest BCUT2D eigenvalue weighted by Crippen LogP contribution is 2.48. The minimum atomic E-state index is 0.0961. The molecule has 0 bridgehead atoms. The van der Waals surface area contributed by atoms with Crippen molar-refractivity contribution in [1.82, 2.24) is 5.32 Å². The van der Waals surface area contributed by atoms with Crippen LogP contribution in [0.5, 0.6) is 5.75 Å². The van der Waals surface area contributed by atoms with Gasteiger partial charge in [0.1, 0.15) is 5.75 Å². The first-order valence-corrected chi connectivity index (χ1v) is 6.26. The molecular weight excluding hydrogens is 212 g/mol. The largest absolute Gasteiger partial charge is 0.497 e. The molecule has 94 valence electrons. The van der Waals surface area contributed by atoms with E-state index in [9.17, 15) is 0 Å². The van der Waals surface area contributed by atoms with Crippen LogP contribution in [0.4, 0.5) is 0 Å². The Labute approximate surface area is 103 Å². The molecule has 3 nitrogen and oxygen atoms in total. The van der Waals surface area contributed by atoms with Crippen LogP contribution in [0.2, 0.25) is 0 Å². The molecule has 1 unspecified atom stereocenters. The third-order valence-electron chi connectivity index (χ3n) is 3.99. The van der Waals surface area contributed by atoms with Crippen molar-refractivity contribution in [3.8, 4) is 5.75 Å². The number of hydrogen-bond donors (Lipinski definition) is 2. The van der Waals surface area contributed by atoms with Gasteiger partial charge in [0.15, 0.2) is 0 Å². The average Bonchev–Trinajstić information content (AvgIpc) is 2.33. The summed E-state index contributed by atoms with van der Waals surface area (Å²) in [5.74, 6) is 0.886. The van der Waals surface area contributed by atoms with Gasteiger partial charge in [0.05, 0.1) is 7.11 Å². The topological polar surface area (TPSA) is 47.3 Å². The smallest absolute Gasteiger partial charge is 0.119 e. The lowest BCUT2D eigenvalue weighted by atomic mass is 9.62. The predicted octanol–water partition coefficient (Wildman–Crippen LogP) is 2.08. The summed E-state index contributed by atoms with van der Waals surface area (Å²) >= 11 is 0. The fraction of sp³-hybridized carbons (Fsp3) is 0.571. The molecule has 1 aliphatic rings. The van der Waals surface area contributed by atoms with Crippen molar-refractivity contribution in [2.75, 3.05) is 20.7 Å². The lowest BCUT2D eigenvalue weighted by Crippen LogP contribution is -2.46. The van der Waals surface area contributed by atoms with Gasteiger partial charge in [-0.05, 0) is 37.6 Å². The van der Waals surface area contributed by atoms with Crippen LogP contribution < -0.4 is 15.8 Å². The van der Waals surface area contributed by atoms with Crippen molar-refractivity contribution in [2.24, 2.45) is 11.1 Å². The summed E-state index contributed by atoms with van der Waals surface area (Å²) < 4.78 is 5.26. The highest BCUT2D eigenvalue weighted by atomic mass is 16.5. The molecule has 0 spiro atoms. The van der Waals surface area contributed by atoms with Crippen LogP contribution in [0.3, 0.4) is 0 Å². The number of nitrogens with two attached hydrogens (primary N) is 1. The Hall–Kier alpha value is -1.06. The second-order valence-corrected chi connectivity index (χ2v) is 5.00. The Morgan fingerprint density at radius 3 is 2.76 bits per heavy atom. The molecule has 0 radical (unpaired) electrons. The summed E-state index contributed by atoms with van der Waals surface area (Å²) in [6, 6.07) is 8.23. The molecule has 0 amide bonds. The maximum absolute atomic E-state index is 6.45. The van der Waals surface area contributed by atoms with Crippen molar-refractivity contribution in [2.45, 2.75) is 25.3 Å². The third-order valence-corrected chi connectivity index (χ3v) is 3.99. The highest BCUT2D eigenvalue weighted by molar-refractivity contribution is 5.32. The van der Waals surface area contributed by atoms with Gasteiger partial charge in [-0.3, -0.25) is 0 Å². The van der Waals surface area contributed by atoms with E-state index in [1.54, 1.807) is 7.11 Å². The van der Waals surface area contributed by atoms with Crippen LogP contribution in [-0.4, -0.2) is 20.7 Å². The second kappa shape index (κ2) is 5.07. The summed E-state index contributed by atoms with van der Waals surface area (Å²) in [5, 5.41) is 3.28. The van der Waals surface area contributed by atoms with Crippen LogP contribution in [0, 0.1) is 5.41 Å². The molecule has 1 aromatic rings. The Morgan fingerprint density at radius 1 is 1.47 bits per heavy atom. The minimum Gasteiger partial charge on any atom is -0.497 e. The summed E-state index contributed by atoms with van der Waals surface area (Å²) in [4.78, 5) is 0. The number of nitrogens with one attached hydrogen (secondary N) is 1. The van der Waals surface area contributed by atoms with Gasteiger partial charge < -0.3 is 15.8 Å². The molecular formula is C14H22N2O. The van der Waals surface area contributed by atoms with Crippen molar-refractivity contribution in [1.29, 1.82) is 0 Å². The lowest BCUT2D eigenvalue weighted by molar-refractivity contribution is 0.0946. The predicted molar refractivity (Wildman–Crippen MR) is 70.1 cm³/mol. The molecule has 3 N–H and O–H groups in total. The molecule has 0 heterocycles. The lowest BCUT2D eigenvalue weighted by Gasteiger charge is -2.46. The van der Waals surface area contributed by atoms with Crippen LogP contribution >= 0.6 is 0 Å². The van der Waals surface area contributed by atoms with Gasteiger partial charge >= 0.3 is 0 Å². The fourth-order valence-corrected chi connectivity index (χ4v) is 2.77. The fourth-order valence-electron chi connectivity index (χ4n) is 2.77. The van der Waals surface area contributed by atoms with Gasteiger partial charge in [-0.15, -0.1) is 0 Å². The second-order valence-electron chi connectivity index (χ2n) is 5.00. The molecule has 1 fully saturated rings. The Bertz CT molecular complexity index is 374. The van der Waals surface area contributed by atoms with E-state index in [4.69, 9.17) is 10.5 Å². The SMILES string of the molecule is CNCC1(C(N)c2cccc(OC)c2)CCC1. The first-order chi connectivity index (χ1) is 8.22. The van der Waals surface area contributed by atoms with E-state index in [0.29, 0.717) is 0 Å². The Morgan fingerprint density at radius 2 is 2.24 bits per heavy atom. The quantitative estimate of drug-likeness (QED) is 0.820. The molecule has 3 heteroatoms. The summed E-state index contributed by atoms with van der Waals surface area (Å²) in [5.41, 5.74) is 7.87. The monoisotopic (exact) mass is 234 g/mol. The average molecular weight is 234 g/mol. The zero-order valence-electron chi connectivity index (χ0n) is 10.7. The van der Waals surface area contributed by atoms with Gasteiger partial charge in [-0.2, -0.15) is 0 Å². The number of hydrogen-bond acceptors (Lipinski definition) is 3. The Kier molecular flexibility index (Phi) is 3.69. The molecule has 1 aliphatic carbocycles. The van der Waals surface area contributed by atoms with E-state index in [1.807, 2.05) is 19.2 Å². The van der Waals surface area contributed by atoms with Crippen LogP contribution in [-0.2, 0) is 0 Å². The van der Waals surface area contributed by atoms with E-state index < -0.39 is 0 Å². The number of rotatable bonds is 5. The number of benzene rings is 1. The van der Waals surface area contributed by atoms with Gasteiger partial charge in [0.2, 0.25) is 0 Å². The third kappa shape index (κ3) is 2.31. The molecule has 1 aromatic carbocycles. The standard InChI is InChI=1S/C14H22N2O/c1-16-10-14(7-4-8-14)13(15)11-5-3-6-12(9-11)17-2/h3,5-6,9,13,16H,4,7-8,10,15H2,1-2H3. The molecule has 1 saturated carbocycles. The van der Waals surface area contributed by atoms with Gasteiger partial charge in [-0.25, -0.2) is 0 Å². The summed E-state index contributed by atoms with van der Waals surface area (Å²) in [6.45, 7) is 0.991. The molecule has 0 aliphatic heterocycles. The summed E-state index contributed by atoms with van der Waals surface area (Å²) in [6.07, 6.45) is 3.72. The zero-order valence-corrected chi connectivity index (χ0v) is 10.7. The van der Waals surface area contributed by atoms with Crippen molar-refractivity contribution < 1.29 is 4.74 Å². The molecule has 2 rings (SSSR count). The van der Waals surface area contributed by atoms with Gasteiger partial charge in [-0.1, -0.05) is 18.6 Å². The number of methoxy groups -OCH3 is 1.